The molecule has 110 valence electrons. The highest BCUT2D eigenvalue weighted by molar-refractivity contribution is 7.89. The van der Waals surface area contributed by atoms with E-state index in [9.17, 15) is 18.3 Å². The van der Waals surface area contributed by atoms with Gasteiger partial charge in [0.05, 0.1) is 11.8 Å². The van der Waals surface area contributed by atoms with Crippen LogP contribution in [0, 0.1) is 0 Å². The van der Waals surface area contributed by atoms with E-state index in [1.807, 2.05) is 0 Å². The average molecular weight is 300 g/mol. The lowest BCUT2D eigenvalue weighted by Gasteiger charge is -2.25. The van der Waals surface area contributed by atoms with Crippen molar-refractivity contribution < 1.29 is 23.1 Å². The highest BCUT2D eigenvalue weighted by Gasteiger charge is 2.38. The molecule has 1 aliphatic rings. The van der Waals surface area contributed by atoms with Gasteiger partial charge in [0, 0.05) is 20.1 Å². The van der Waals surface area contributed by atoms with Crippen molar-refractivity contribution in [2.45, 2.75) is 23.5 Å². The van der Waals surface area contributed by atoms with E-state index in [-0.39, 0.29) is 11.0 Å². The molecule has 7 nitrogen and oxygen atoms in total. The summed E-state index contributed by atoms with van der Waals surface area (Å²) in [5.41, 5.74) is 0.293. The predicted molar refractivity (Wildman–Crippen MR) is 72.0 cm³/mol. The second-order valence-electron chi connectivity index (χ2n) is 4.61. The first-order valence-electron chi connectivity index (χ1n) is 5.98. The average Bonchev–Trinajstić information content (AvgIpc) is 2.82. The highest BCUT2D eigenvalue weighted by atomic mass is 32.2. The number of hydrogen-bond donors (Lipinski definition) is 2. The van der Waals surface area contributed by atoms with Gasteiger partial charge in [-0.05, 0) is 12.1 Å². The Labute approximate surface area is 117 Å². The number of primary sulfonamides is 1. The summed E-state index contributed by atoms with van der Waals surface area (Å²) >= 11 is 0. The Morgan fingerprint density at radius 3 is 2.65 bits per heavy atom. The molecule has 2 atom stereocenters. The zero-order chi connectivity index (χ0) is 14.9. The van der Waals surface area contributed by atoms with E-state index in [0.29, 0.717) is 18.7 Å². The Hall–Kier alpha value is -1.64. The summed E-state index contributed by atoms with van der Waals surface area (Å²) in [5.74, 6) is -1.02. The van der Waals surface area contributed by atoms with Crippen LogP contribution in [0.5, 0.6) is 0 Å². The number of para-hydroxylation sites is 1. The number of nitrogens with two attached hydrogens (primary N) is 1. The van der Waals surface area contributed by atoms with Crippen LogP contribution in [-0.2, 0) is 19.6 Å². The third-order valence-corrected chi connectivity index (χ3v) is 4.32. The number of anilines is 1. The second kappa shape index (κ2) is 5.39. The molecular weight excluding hydrogens is 284 g/mol. The van der Waals surface area contributed by atoms with Crippen LogP contribution in [0.25, 0.3) is 0 Å². The van der Waals surface area contributed by atoms with Crippen molar-refractivity contribution >= 4 is 21.7 Å². The van der Waals surface area contributed by atoms with E-state index in [1.165, 1.54) is 18.1 Å². The van der Waals surface area contributed by atoms with Gasteiger partial charge < -0.3 is 14.7 Å². The molecule has 2 rings (SSSR count). The smallest absolute Gasteiger partial charge is 0.326 e. The summed E-state index contributed by atoms with van der Waals surface area (Å²) in [6.45, 7) is 0.306. The second-order valence-corrected chi connectivity index (χ2v) is 6.14. The molecule has 3 N–H and O–H groups in total. The number of ether oxygens (including phenoxy) is 1. The van der Waals surface area contributed by atoms with Crippen LogP contribution in [0.4, 0.5) is 5.69 Å². The van der Waals surface area contributed by atoms with Crippen molar-refractivity contribution in [2.75, 3.05) is 18.6 Å². The monoisotopic (exact) mass is 300 g/mol. The Balaban J connectivity index is 2.47. The molecule has 0 aliphatic carbocycles. The fourth-order valence-corrected chi connectivity index (χ4v) is 3.15. The Kier molecular flexibility index (Phi) is 3.98. The van der Waals surface area contributed by atoms with Crippen LogP contribution in [0.15, 0.2) is 29.2 Å². The van der Waals surface area contributed by atoms with E-state index in [1.54, 1.807) is 18.2 Å². The lowest BCUT2D eigenvalue weighted by molar-refractivity contribution is -0.138. The van der Waals surface area contributed by atoms with Gasteiger partial charge >= 0.3 is 5.97 Å². The van der Waals surface area contributed by atoms with E-state index in [4.69, 9.17) is 9.88 Å². The number of rotatable bonds is 4. The quantitative estimate of drug-likeness (QED) is 0.810. The summed E-state index contributed by atoms with van der Waals surface area (Å²) in [7, 11) is -2.42. The van der Waals surface area contributed by atoms with Crippen molar-refractivity contribution in [3.05, 3.63) is 24.3 Å². The molecule has 1 aromatic rings. The molecule has 1 fully saturated rings. The van der Waals surface area contributed by atoms with Crippen LogP contribution in [0.1, 0.15) is 6.42 Å². The molecule has 0 amide bonds. The molecule has 0 spiro atoms. The van der Waals surface area contributed by atoms with Gasteiger partial charge in [0.15, 0.2) is 0 Å². The highest BCUT2D eigenvalue weighted by Crippen LogP contribution is 2.31. The van der Waals surface area contributed by atoms with Gasteiger partial charge in [-0.15, -0.1) is 0 Å². The number of sulfonamides is 1. The van der Waals surface area contributed by atoms with Gasteiger partial charge in [-0.1, -0.05) is 12.1 Å². The molecule has 20 heavy (non-hydrogen) atoms. The number of nitrogens with zero attached hydrogens (tertiary/aromatic N) is 1. The first-order chi connectivity index (χ1) is 9.34. The lowest BCUT2D eigenvalue weighted by Crippen LogP contribution is -2.37. The van der Waals surface area contributed by atoms with Crippen molar-refractivity contribution in [1.29, 1.82) is 0 Å². The number of hydrogen-bond acceptors (Lipinski definition) is 5. The fourth-order valence-electron chi connectivity index (χ4n) is 2.40. The van der Waals surface area contributed by atoms with Gasteiger partial charge in [-0.3, -0.25) is 0 Å². The van der Waals surface area contributed by atoms with E-state index in [2.05, 4.69) is 0 Å². The number of carboxylic acid groups (broad SMARTS) is 1. The maximum Gasteiger partial charge on any atom is 0.326 e. The number of carbonyl (C=O) groups is 1. The number of carboxylic acids is 1. The van der Waals surface area contributed by atoms with Crippen LogP contribution in [0.3, 0.4) is 0 Å². The fraction of sp³-hybridized carbons (Fsp3) is 0.417. The standard InChI is InChI=1S/C12H16N2O5S/c1-19-8-6-10(12(15)16)14(7-8)9-4-2-3-5-11(9)20(13,17)18/h2-5,8,10H,6-7H2,1H3,(H,15,16)(H2,13,17,18). The summed E-state index contributed by atoms with van der Waals surface area (Å²) in [4.78, 5) is 12.8. The number of benzene rings is 1. The minimum Gasteiger partial charge on any atom is -0.480 e. The minimum atomic E-state index is -3.92. The van der Waals surface area contributed by atoms with E-state index in [0.717, 1.165) is 0 Å². The van der Waals surface area contributed by atoms with Crippen LogP contribution in [0.2, 0.25) is 0 Å². The maximum absolute atomic E-state index is 11.6. The van der Waals surface area contributed by atoms with Crippen molar-refractivity contribution in [2.24, 2.45) is 5.14 Å². The summed E-state index contributed by atoms with van der Waals surface area (Å²) in [5, 5.41) is 14.5. The lowest BCUT2D eigenvalue weighted by atomic mass is 10.2. The molecule has 1 heterocycles. The third kappa shape index (κ3) is 2.77. The Bertz CT molecular complexity index is 616. The summed E-state index contributed by atoms with van der Waals surface area (Å²) in [6, 6.07) is 5.27. The Morgan fingerprint density at radius 2 is 2.10 bits per heavy atom. The van der Waals surface area contributed by atoms with Crippen molar-refractivity contribution in [3.63, 3.8) is 0 Å². The third-order valence-electron chi connectivity index (χ3n) is 3.36. The van der Waals surface area contributed by atoms with Crippen LogP contribution < -0.4 is 10.0 Å². The zero-order valence-corrected chi connectivity index (χ0v) is 11.7. The molecule has 0 saturated carbocycles. The molecule has 0 radical (unpaired) electrons. The van der Waals surface area contributed by atoms with Gasteiger partial charge in [-0.2, -0.15) is 0 Å². The van der Waals surface area contributed by atoms with Crippen molar-refractivity contribution in [3.8, 4) is 0 Å². The minimum absolute atomic E-state index is 0.0806. The summed E-state index contributed by atoms with van der Waals surface area (Å²) in [6.07, 6.45) is 0.0368. The molecule has 8 heteroatoms. The van der Waals surface area contributed by atoms with Gasteiger partial charge in [0.2, 0.25) is 10.0 Å². The largest absolute Gasteiger partial charge is 0.480 e. The predicted octanol–water partition coefficient (Wildman–Crippen LogP) is 0.0123. The topological polar surface area (TPSA) is 110 Å². The Morgan fingerprint density at radius 1 is 1.45 bits per heavy atom. The molecule has 0 bridgehead atoms. The SMILES string of the molecule is COC1CC(C(=O)O)N(c2ccccc2S(N)(=O)=O)C1. The molecule has 1 aliphatic heterocycles. The number of aliphatic carboxylic acids is 1. The summed E-state index contributed by atoms with van der Waals surface area (Å²) < 4.78 is 28.4. The van der Waals surface area contributed by atoms with Crippen LogP contribution in [-0.4, -0.2) is 45.3 Å². The van der Waals surface area contributed by atoms with Crippen LogP contribution >= 0.6 is 0 Å². The normalized spacial score (nSPS) is 23.0. The first-order valence-corrected chi connectivity index (χ1v) is 7.53. The van der Waals surface area contributed by atoms with Crippen molar-refractivity contribution in [1.82, 2.24) is 0 Å². The molecule has 2 unspecified atom stereocenters. The van der Waals surface area contributed by atoms with Gasteiger partial charge in [0.25, 0.3) is 0 Å². The molecule has 1 saturated heterocycles. The molecule has 1 aromatic carbocycles. The molecular formula is C12H16N2O5S. The van der Waals surface area contributed by atoms with Gasteiger partial charge in [-0.25, -0.2) is 18.4 Å². The molecule has 0 aromatic heterocycles. The van der Waals surface area contributed by atoms with E-state index < -0.39 is 22.0 Å². The first kappa shape index (κ1) is 14.8. The maximum atomic E-state index is 11.6. The zero-order valence-electron chi connectivity index (χ0n) is 10.9. The number of methoxy groups -OCH3 is 1. The van der Waals surface area contributed by atoms with Gasteiger partial charge in [0.1, 0.15) is 10.9 Å². The van der Waals surface area contributed by atoms with E-state index >= 15 is 0 Å².